The highest BCUT2D eigenvalue weighted by molar-refractivity contribution is 9.10. The van der Waals surface area contributed by atoms with Crippen molar-refractivity contribution in [3.8, 4) is 5.75 Å². The third-order valence-electron chi connectivity index (χ3n) is 2.10. The van der Waals surface area contributed by atoms with Gasteiger partial charge in [-0.2, -0.15) is 13.2 Å². The number of benzene rings is 1. The molecule has 0 bridgehead atoms. The number of rotatable bonds is 2. The molecule has 98 valence electrons. The molecule has 1 rings (SSSR count). The van der Waals surface area contributed by atoms with Crippen LogP contribution in [0.4, 0.5) is 13.2 Å². The summed E-state index contributed by atoms with van der Waals surface area (Å²) < 4.78 is 38.1. The minimum absolute atomic E-state index is 0. The third kappa shape index (κ3) is 3.48. The molecule has 0 saturated carbocycles. The van der Waals surface area contributed by atoms with E-state index in [1.807, 2.05) is 0 Å². The third-order valence-corrected chi connectivity index (χ3v) is 2.74. The standard InChI is InChI=1S/C9H10BrF3N2O.ClH/c10-5-2-1-4(9(11,12)13)7(8(5)16)6(15)3-14;/h1-2,6,16H,3,14-15H2;1H/t6-;/m0./s1. The summed E-state index contributed by atoms with van der Waals surface area (Å²) in [4.78, 5) is 0. The lowest BCUT2D eigenvalue weighted by atomic mass is 9.99. The van der Waals surface area contributed by atoms with Gasteiger partial charge in [0, 0.05) is 18.2 Å². The molecule has 3 nitrogen and oxygen atoms in total. The minimum Gasteiger partial charge on any atom is -0.506 e. The van der Waals surface area contributed by atoms with Crippen LogP contribution in [0.15, 0.2) is 16.6 Å². The van der Waals surface area contributed by atoms with Crippen LogP contribution in [0.3, 0.4) is 0 Å². The maximum Gasteiger partial charge on any atom is 0.416 e. The van der Waals surface area contributed by atoms with Crippen molar-refractivity contribution in [2.75, 3.05) is 6.54 Å². The summed E-state index contributed by atoms with van der Waals surface area (Å²) >= 11 is 2.93. The zero-order valence-electron chi connectivity index (χ0n) is 8.46. The topological polar surface area (TPSA) is 72.3 Å². The molecule has 5 N–H and O–H groups in total. The number of nitrogens with two attached hydrogens (primary N) is 2. The molecule has 8 heteroatoms. The van der Waals surface area contributed by atoms with Crippen LogP contribution in [0.5, 0.6) is 5.75 Å². The van der Waals surface area contributed by atoms with E-state index in [9.17, 15) is 18.3 Å². The molecule has 0 fully saturated rings. The molecule has 0 amide bonds. The summed E-state index contributed by atoms with van der Waals surface area (Å²) in [5.74, 6) is -0.521. The Morgan fingerprint density at radius 2 is 1.88 bits per heavy atom. The van der Waals surface area contributed by atoms with Gasteiger partial charge in [-0.1, -0.05) is 0 Å². The molecular weight excluding hydrogens is 324 g/mol. The molecule has 0 unspecified atom stereocenters. The van der Waals surface area contributed by atoms with E-state index in [1.165, 1.54) is 0 Å². The fourth-order valence-corrected chi connectivity index (χ4v) is 1.67. The van der Waals surface area contributed by atoms with Crippen LogP contribution in [0, 0.1) is 0 Å². The second-order valence-corrected chi connectivity index (χ2v) is 4.05. The van der Waals surface area contributed by atoms with Gasteiger partial charge in [-0.25, -0.2) is 0 Å². The number of hydrogen-bond donors (Lipinski definition) is 3. The number of alkyl halides is 3. The molecule has 1 aromatic rings. The molecule has 0 heterocycles. The normalized spacial score (nSPS) is 13.1. The highest BCUT2D eigenvalue weighted by Gasteiger charge is 2.36. The molecule has 0 aliphatic carbocycles. The van der Waals surface area contributed by atoms with E-state index < -0.39 is 23.5 Å². The minimum atomic E-state index is -4.57. The average Bonchev–Trinajstić information content (AvgIpc) is 2.19. The van der Waals surface area contributed by atoms with Gasteiger partial charge in [0.05, 0.1) is 10.0 Å². The Balaban J connectivity index is 0.00000256. The maximum atomic E-state index is 12.6. The van der Waals surface area contributed by atoms with Crippen LogP contribution in [0.1, 0.15) is 17.2 Å². The molecule has 0 aliphatic heterocycles. The summed E-state index contributed by atoms with van der Waals surface area (Å²) in [7, 11) is 0. The van der Waals surface area contributed by atoms with Gasteiger partial charge >= 0.3 is 6.18 Å². The van der Waals surface area contributed by atoms with Crippen molar-refractivity contribution in [1.82, 2.24) is 0 Å². The zero-order valence-corrected chi connectivity index (χ0v) is 10.9. The van der Waals surface area contributed by atoms with E-state index in [1.54, 1.807) is 0 Å². The first-order valence-corrected chi connectivity index (χ1v) is 5.12. The van der Waals surface area contributed by atoms with Crippen LogP contribution >= 0.6 is 28.3 Å². The molecule has 17 heavy (non-hydrogen) atoms. The van der Waals surface area contributed by atoms with Crippen molar-refractivity contribution in [3.05, 3.63) is 27.7 Å². The summed E-state index contributed by atoms with van der Waals surface area (Å²) in [5, 5.41) is 9.56. The van der Waals surface area contributed by atoms with Crippen molar-refractivity contribution in [2.24, 2.45) is 11.5 Å². The zero-order chi connectivity index (χ0) is 12.5. The number of phenols is 1. The predicted molar refractivity (Wildman–Crippen MR) is 64.0 cm³/mol. The van der Waals surface area contributed by atoms with E-state index in [0.29, 0.717) is 0 Å². The highest BCUT2D eigenvalue weighted by atomic mass is 79.9. The lowest BCUT2D eigenvalue weighted by Crippen LogP contribution is -2.24. The number of halogens is 5. The Morgan fingerprint density at radius 1 is 1.35 bits per heavy atom. The lowest BCUT2D eigenvalue weighted by molar-refractivity contribution is -0.138. The fraction of sp³-hybridized carbons (Fsp3) is 0.333. The van der Waals surface area contributed by atoms with Crippen molar-refractivity contribution >= 4 is 28.3 Å². The fourth-order valence-electron chi connectivity index (χ4n) is 1.32. The lowest BCUT2D eigenvalue weighted by Gasteiger charge is -2.19. The molecule has 1 atom stereocenters. The van der Waals surface area contributed by atoms with Gasteiger partial charge in [0.25, 0.3) is 0 Å². The van der Waals surface area contributed by atoms with Gasteiger partial charge in [0.2, 0.25) is 0 Å². The second kappa shape index (κ2) is 5.90. The Hall–Kier alpha value is -0.500. The van der Waals surface area contributed by atoms with Crippen molar-refractivity contribution in [3.63, 3.8) is 0 Å². The van der Waals surface area contributed by atoms with Crippen molar-refractivity contribution < 1.29 is 18.3 Å². The van der Waals surface area contributed by atoms with Gasteiger partial charge in [-0.05, 0) is 28.1 Å². The van der Waals surface area contributed by atoms with E-state index >= 15 is 0 Å². The Labute approximate surface area is 111 Å². The van der Waals surface area contributed by atoms with Crippen LogP contribution in [0.2, 0.25) is 0 Å². The van der Waals surface area contributed by atoms with E-state index in [-0.39, 0.29) is 29.0 Å². The van der Waals surface area contributed by atoms with Gasteiger partial charge in [0.1, 0.15) is 5.75 Å². The van der Waals surface area contributed by atoms with Gasteiger partial charge in [-0.15, -0.1) is 12.4 Å². The smallest absolute Gasteiger partial charge is 0.416 e. The van der Waals surface area contributed by atoms with Crippen LogP contribution in [-0.2, 0) is 6.18 Å². The van der Waals surface area contributed by atoms with Gasteiger partial charge in [0.15, 0.2) is 0 Å². The summed E-state index contributed by atoms with van der Waals surface area (Å²) in [5.41, 5.74) is 9.32. The summed E-state index contributed by atoms with van der Waals surface area (Å²) in [6, 6.07) is 0.911. The molecule has 0 spiro atoms. The highest BCUT2D eigenvalue weighted by Crippen LogP contribution is 2.41. The van der Waals surface area contributed by atoms with Crippen LogP contribution in [-0.4, -0.2) is 11.7 Å². The molecule has 0 aliphatic rings. The first kappa shape index (κ1) is 16.5. The summed E-state index contributed by atoms with van der Waals surface area (Å²) in [6.07, 6.45) is -4.57. The number of hydrogen-bond acceptors (Lipinski definition) is 3. The molecule has 1 aromatic carbocycles. The molecule has 0 radical (unpaired) electrons. The van der Waals surface area contributed by atoms with Crippen molar-refractivity contribution in [1.29, 1.82) is 0 Å². The quantitative estimate of drug-likeness (QED) is 0.778. The first-order chi connectivity index (χ1) is 7.29. The largest absolute Gasteiger partial charge is 0.506 e. The Bertz CT molecular complexity index is 401. The summed E-state index contributed by atoms with van der Waals surface area (Å²) in [6.45, 7) is -0.187. The molecule has 0 saturated heterocycles. The Kier molecular flexibility index (Phi) is 5.73. The van der Waals surface area contributed by atoms with E-state index in [0.717, 1.165) is 12.1 Å². The average molecular weight is 336 g/mol. The van der Waals surface area contributed by atoms with Crippen LogP contribution < -0.4 is 11.5 Å². The van der Waals surface area contributed by atoms with Gasteiger partial charge < -0.3 is 16.6 Å². The second-order valence-electron chi connectivity index (χ2n) is 3.20. The molecular formula is C9H11BrClF3N2O. The Morgan fingerprint density at radius 3 is 2.29 bits per heavy atom. The first-order valence-electron chi connectivity index (χ1n) is 4.33. The predicted octanol–water partition coefficient (Wildman–Crippen LogP) is 2.55. The number of phenolic OH excluding ortho intramolecular Hbond substituents is 1. The molecule has 0 aromatic heterocycles. The van der Waals surface area contributed by atoms with Gasteiger partial charge in [-0.3, -0.25) is 0 Å². The maximum absolute atomic E-state index is 12.6. The van der Waals surface area contributed by atoms with E-state index in [2.05, 4.69) is 15.9 Å². The van der Waals surface area contributed by atoms with E-state index in [4.69, 9.17) is 11.5 Å². The van der Waals surface area contributed by atoms with Crippen LogP contribution in [0.25, 0.3) is 0 Å². The van der Waals surface area contributed by atoms with Crippen molar-refractivity contribution in [2.45, 2.75) is 12.2 Å². The SMILES string of the molecule is Cl.NC[C@H](N)c1c(C(F)(F)F)ccc(Br)c1O. The number of aromatic hydroxyl groups is 1. The monoisotopic (exact) mass is 334 g/mol.